The minimum Gasteiger partial charge on any atom is -0.0913 e. The molecule has 0 radical (unpaired) electrons. The Bertz CT molecular complexity index is 845. The van der Waals surface area contributed by atoms with Gasteiger partial charge in [0.15, 0.2) is 0 Å². The molecule has 0 nitrogen and oxygen atoms in total. The van der Waals surface area contributed by atoms with Gasteiger partial charge in [0.05, 0.1) is 0 Å². The fourth-order valence-electron chi connectivity index (χ4n) is 3.09. The number of hydrogen-bond acceptors (Lipinski definition) is 0. The number of fused-ring (bicyclic) bond motifs is 2. The molecule has 0 amide bonds. The van der Waals surface area contributed by atoms with Gasteiger partial charge in [-0.1, -0.05) is 75.4 Å². The average Bonchev–Trinajstić information content (AvgIpc) is 2.50. The molecule has 0 aliphatic carbocycles. The van der Waals surface area contributed by atoms with Gasteiger partial charge in [0, 0.05) is 0 Å². The molecule has 112 valence electrons. The summed E-state index contributed by atoms with van der Waals surface area (Å²) in [6.45, 7) is 8.91. The molecule has 0 atom stereocenters. The van der Waals surface area contributed by atoms with Gasteiger partial charge < -0.3 is 0 Å². The van der Waals surface area contributed by atoms with Crippen molar-refractivity contribution in [3.63, 3.8) is 0 Å². The summed E-state index contributed by atoms with van der Waals surface area (Å²) < 4.78 is 0. The van der Waals surface area contributed by atoms with Crippen LogP contribution in [0.1, 0.15) is 38.8 Å². The van der Waals surface area contributed by atoms with Gasteiger partial charge in [0.25, 0.3) is 0 Å². The van der Waals surface area contributed by atoms with E-state index in [4.69, 9.17) is 0 Å². The molecule has 3 aromatic carbocycles. The van der Waals surface area contributed by atoms with Gasteiger partial charge in [-0.3, -0.25) is 0 Å². The van der Waals surface area contributed by atoms with Crippen molar-refractivity contribution in [2.24, 2.45) is 0 Å². The Morgan fingerprint density at radius 3 is 2.32 bits per heavy atom. The van der Waals surface area contributed by atoms with Crippen molar-refractivity contribution < 1.29 is 0 Å². The van der Waals surface area contributed by atoms with E-state index in [0.29, 0.717) is 0 Å². The summed E-state index contributed by atoms with van der Waals surface area (Å²) in [5.74, 6) is 0. The van der Waals surface area contributed by atoms with Crippen LogP contribution in [-0.4, -0.2) is 0 Å². The molecule has 0 N–H and O–H groups in total. The molecular formula is C22H24. The van der Waals surface area contributed by atoms with Crippen LogP contribution >= 0.6 is 0 Å². The first-order chi connectivity index (χ1) is 10.5. The van der Waals surface area contributed by atoms with E-state index in [0.717, 1.165) is 6.42 Å². The maximum atomic E-state index is 2.36. The molecule has 0 spiro atoms. The van der Waals surface area contributed by atoms with Crippen molar-refractivity contribution in [1.82, 2.24) is 0 Å². The number of benzene rings is 3. The lowest BCUT2D eigenvalue weighted by Crippen LogP contribution is -2.10. The molecule has 0 aromatic heterocycles. The first-order valence-electron chi connectivity index (χ1n) is 8.07. The lowest BCUT2D eigenvalue weighted by molar-refractivity contribution is 0.591. The summed E-state index contributed by atoms with van der Waals surface area (Å²) >= 11 is 0. The molecular weight excluding hydrogens is 264 g/mol. The van der Waals surface area contributed by atoms with E-state index >= 15 is 0 Å². The van der Waals surface area contributed by atoms with Crippen LogP contribution in [0.25, 0.3) is 21.5 Å². The first kappa shape index (κ1) is 14.8. The second-order valence-corrected chi connectivity index (χ2v) is 7.04. The van der Waals surface area contributed by atoms with Crippen LogP contribution in [0.15, 0.2) is 60.7 Å². The molecule has 22 heavy (non-hydrogen) atoms. The van der Waals surface area contributed by atoms with Crippen LogP contribution < -0.4 is 0 Å². The largest absolute Gasteiger partial charge is 0.0913 e. The SMILES string of the molecule is C/C=C/Cc1c2ccccc2cc2cc(C(C)(C)C)ccc12. The molecule has 0 saturated carbocycles. The zero-order chi connectivity index (χ0) is 15.7. The molecule has 0 saturated heterocycles. The minimum atomic E-state index is 0.184. The lowest BCUT2D eigenvalue weighted by atomic mass is 9.84. The van der Waals surface area contributed by atoms with E-state index in [2.05, 4.69) is 88.4 Å². The molecule has 3 rings (SSSR count). The molecule has 3 aromatic rings. The van der Waals surface area contributed by atoms with Crippen molar-refractivity contribution in [3.05, 3.63) is 71.8 Å². The molecule has 0 fully saturated rings. The summed E-state index contributed by atoms with van der Waals surface area (Å²) in [5.41, 5.74) is 3.02. The van der Waals surface area contributed by atoms with E-state index in [1.54, 1.807) is 0 Å². The maximum Gasteiger partial charge on any atom is -0.00852 e. The van der Waals surface area contributed by atoms with Gasteiger partial charge in [-0.05, 0) is 57.5 Å². The standard InChI is InChI=1S/C22H24/c1-5-6-10-21-19-11-8-7-9-16(19)14-17-15-18(22(2,3)4)12-13-20(17)21/h5-9,11-15H,10H2,1-4H3/b6-5+. The summed E-state index contributed by atoms with van der Waals surface area (Å²) in [4.78, 5) is 0. The van der Waals surface area contributed by atoms with Crippen LogP contribution in [-0.2, 0) is 11.8 Å². The third-order valence-electron chi connectivity index (χ3n) is 4.40. The van der Waals surface area contributed by atoms with Crippen LogP contribution in [0.4, 0.5) is 0 Å². The zero-order valence-electron chi connectivity index (χ0n) is 14.0. The van der Waals surface area contributed by atoms with Crippen LogP contribution in [0.5, 0.6) is 0 Å². The molecule has 0 bridgehead atoms. The van der Waals surface area contributed by atoms with Gasteiger partial charge >= 0.3 is 0 Å². The Kier molecular flexibility index (Phi) is 3.78. The van der Waals surface area contributed by atoms with Crippen LogP contribution in [0.3, 0.4) is 0 Å². The highest BCUT2D eigenvalue weighted by Gasteiger charge is 2.15. The van der Waals surface area contributed by atoms with Crippen molar-refractivity contribution >= 4 is 21.5 Å². The summed E-state index contributed by atoms with van der Waals surface area (Å²) in [6, 6.07) is 18.0. The van der Waals surface area contributed by atoms with Crippen molar-refractivity contribution in [2.45, 2.75) is 39.5 Å². The fraction of sp³-hybridized carbons (Fsp3) is 0.273. The second-order valence-electron chi connectivity index (χ2n) is 7.04. The van der Waals surface area contributed by atoms with E-state index in [1.807, 2.05) is 0 Å². The number of allylic oxidation sites excluding steroid dienone is 2. The zero-order valence-corrected chi connectivity index (χ0v) is 14.0. The Labute approximate surface area is 133 Å². The number of rotatable bonds is 2. The Balaban J connectivity index is 2.34. The van der Waals surface area contributed by atoms with E-state index in [9.17, 15) is 0 Å². The Morgan fingerprint density at radius 1 is 0.864 bits per heavy atom. The smallest absolute Gasteiger partial charge is 0.00852 e. The van der Waals surface area contributed by atoms with Crippen molar-refractivity contribution in [1.29, 1.82) is 0 Å². The van der Waals surface area contributed by atoms with Gasteiger partial charge in [-0.15, -0.1) is 0 Å². The average molecular weight is 288 g/mol. The van der Waals surface area contributed by atoms with Gasteiger partial charge in [-0.2, -0.15) is 0 Å². The van der Waals surface area contributed by atoms with Gasteiger partial charge in [0.2, 0.25) is 0 Å². The van der Waals surface area contributed by atoms with E-state index < -0.39 is 0 Å². The normalized spacial score (nSPS) is 12.5. The maximum absolute atomic E-state index is 2.36. The first-order valence-corrected chi connectivity index (χ1v) is 8.07. The van der Waals surface area contributed by atoms with Gasteiger partial charge in [-0.25, -0.2) is 0 Å². The highest BCUT2D eigenvalue weighted by atomic mass is 14.2. The third kappa shape index (κ3) is 2.66. The predicted octanol–water partition coefficient (Wildman–Crippen LogP) is 6.41. The summed E-state index contributed by atoms with van der Waals surface area (Å²) in [5, 5.41) is 5.44. The molecule has 0 heterocycles. The third-order valence-corrected chi connectivity index (χ3v) is 4.40. The topological polar surface area (TPSA) is 0 Å². The number of hydrogen-bond donors (Lipinski definition) is 0. The molecule has 0 aliphatic heterocycles. The van der Waals surface area contributed by atoms with Gasteiger partial charge in [0.1, 0.15) is 0 Å². The Morgan fingerprint density at radius 2 is 1.59 bits per heavy atom. The predicted molar refractivity (Wildman–Crippen MR) is 98.7 cm³/mol. The second kappa shape index (κ2) is 5.61. The van der Waals surface area contributed by atoms with Crippen LogP contribution in [0.2, 0.25) is 0 Å². The van der Waals surface area contributed by atoms with Crippen molar-refractivity contribution in [3.8, 4) is 0 Å². The fourth-order valence-corrected chi connectivity index (χ4v) is 3.09. The summed E-state index contributed by atoms with van der Waals surface area (Å²) in [6.07, 6.45) is 5.37. The highest BCUT2D eigenvalue weighted by Crippen LogP contribution is 2.32. The molecule has 0 aliphatic rings. The highest BCUT2D eigenvalue weighted by molar-refractivity contribution is 6.02. The van der Waals surface area contributed by atoms with E-state index in [-0.39, 0.29) is 5.41 Å². The van der Waals surface area contributed by atoms with Crippen LogP contribution in [0, 0.1) is 0 Å². The van der Waals surface area contributed by atoms with E-state index in [1.165, 1.54) is 32.7 Å². The monoisotopic (exact) mass is 288 g/mol. The molecule has 0 unspecified atom stereocenters. The summed E-state index contributed by atoms with van der Waals surface area (Å²) in [7, 11) is 0. The van der Waals surface area contributed by atoms with Crippen molar-refractivity contribution in [2.75, 3.05) is 0 Å². The minimum absolute atomic E-state index is 0.184. The lowest BCUT2D eigenvalue weighted by Gasteiger charge is -2.20. The Hall–Kier alpha value is -2.08. The quantitative estimate of drug-likeness (QED) is 0.377. The molecule has 0 heteroatoms.